The number of aryl methyl sites for hydroxylation is 1. The Morgan fingerprint density at radius 1 is 1.11 bits per heavy atom. The highest BCUT2D eigenvalue weighted by Gasteiger charge is 2.23. The van der Waals surface area contributed by atoms with E-state index in [-0.39, 0.29) is 18.5 Å². The molecule has 3 rings (SSSR count). The summed E-state index contributed by atoms with van der Waals surface area (Å²) >= 11 is 0. The van der Waals surface area contributed by atoms with Crippen LogP contribution < -0.4 is 20.7 Å². The number of hydrogen-bond donors (Lipinski definition) is 3. The highest BCUT2D eigenvalue weighted by Crippen LogP contribution is 2.18. The van der Waals surface area contributed by atoms with Crippen LogP contribution in [0.2, 0.25) is 0 Å². The number of rotatable bonds is 8. The molecule has 0 saturated heterocycles. The minimum absolute atomic E-state index is 0.0382. The van der Waals surface area contributed by atoms with Crippen LogP contribution in [0, 0.1) is 6.92 Å². The van der Waals surface area contributed by atoms with Gasteiger partial charge in [0.15, 0.2) is 6.61 Å². The lowest BCUT2D eigenvalue weighted by Gasteiger charge is -2.09. The van der Waals surface area contributed by atoms with E-state index in [4.69, 9.17) is 4.74 Å². The number of ether oxygens (including phenoxy) is 1. The van der Waals surface area contributed by atoms with E-state index >= 15 is 0 Å². The second-order valence-corrected chi connectivity index (χ2v) is 6.77. The number of amides is 3. The van der Waals surface area contributed by atoms with Gasteiger partial charge in [-0.1, -0.05) is 24.3 Å². The highest BCUT2D eigenvalue weighted by atomic mass is 16.5. The molecule has 0 heterocycles. The lowest BCUT2D eigenvalue weighted by atomic mass is 10.1. The second kappa shape index (κ2) is 9.07. The minimum atomic E-state index is -0.220. The molecule has 142 valence electrons. The normalized spacial score (nSPS) is 12.9. The maximum absolute atomic E-state index is 11.9. The molecule has 1 fully saturated rings. The van der Waals surface area contributed by atoms with Gasteiger partial charge in [0.25, 0.3) is 5.91 Å². The molecule has 2 aromatic rings. The van der Waals surface area contributed by atoms with Gasteiger partial charge in [0.1, 0.15) is 5.75 Å². The van der Waals surface area contributed by atoms with Gasteiger partial charge >= 0.3 is 6.03 Å². The monoisotopic (exact) mass is 367 g/mol. The van der Waals surface area contributed by atoms with Crippen LogP contribution in [0.15, 0.2) is 48.5 Å². The summed E-state index contributed by atoms with van der Waals surface area (Å²) in [5, 5.41) is 8.54. The maximum Gasteiger partial charge on any atom is 0.319 e. The van der Waals surface area contributed by atoms with Crippen LogP contribution in [0.1, 0.15) is 24.0 Å². The first-order chi connectivity index (χ1) is 13.1. The average Bonchev–Trinajstić information content (AvgIpc) is 3.45. The molecule has 2 aromatic carbocycles. The molecule has 0 aliphatic heterocycles. The number of urea groups is 1. The Bertz CT molecular complexity index is 786. The van der Waals surface area contributed by atoms with Crippen molar-refractivity contribution < 1.29 is 14.3 Å². The van der Waals surface area contributed by atoms with E-state index in [0.717, 1.165) is 29.7 Å². The molecule has 0 atom stereocenters. The summed E-state index contributed by atoms with van der Waals surface area (Å²) < 4.78 is 5.48. The van der Waals surface area contributed by atoms with Gasteiger partial charge in [-0.25, -0.2) is 4.79 Å². The standard InChI is InChI=1S/C21H25N3O3/c1-15-3-2-4-18(13-15)24-21(26)22-12-11-16-5-9-19(10-6-16)27-14-20(25)23-17-7-8-17/h2-6,9-10,13,17H,7-8,11-12,14H2,1H3,(H,23,25)(H2,22,24,26). The van der Waals surface area contributed by atoms with E-state index in [9.17, 15) is 9.59 Å². The number of benzene rings is 2. The van der Waals surface area contributed by atoms with Gasteiger partial charge in [-0.05, 0) is 61.6 Å². The van der Waals surface area contributed by atoms with Gasteiger partial charge in [-0.3, -0.25) is 4.79 Å². The SMILES string of the molecule is Cc1cccc(NC(=O)NCCc2ccc(OCC(=O)NC3CC3)cc2)c1. The van der Waals surface area contributed by atoms with Crippen molar-refractivity contribution in [2.24, 2.45) is 0 Å². The van der Waals surface area contributed by atoms with E-state index in [0.29, 0.717) is 24.8 Å². The Labute approximate surface area is 159 Å². The second-order valence-electron chi connectivity index (χ2n) is 6.77. The quantitative estimate of drug-likeness (QED) is 0.671. The first-order valence-corrected chi connectivity index (χ1v) is 9.21. The van der Waals surface area contributed by atoms with Crippen molar-refractivity contribution >= 4 is 17.6 Å². The van der Waals surface area contributed by atoms with E-state index in [1.165, 1.54) is 0 Å². The third kappa shape index (κ3) is 6.66. The van der Waals surface area contributed by atoms with Crippen molar-refractivity contribution in [2.75, 3.05) is 18.5 Å². The van der Waals surface area contributed by atoms with E-state index in [2.05, 4.69) is 16.0 Å². The number of carbonyl (C=O) groups is 2. The third-order valence-corrected chi connectivity index (χ3v) is 4.21. The fourth-order valence-corrected chi connectivity index (χ4v) is 2.62. The van der Waals surface area contributed by atoms with Crippen molar-refractivity contribution in [1.29, 1.82) is 0 Å². The van der Waals surface area contributed by atoms with Crippen molar-refractivity contribution in [3.05, 3.63) is 59.7 Å². The maximum atomic E-state index is 11.9. The summed E-state index contributed by atoms with van der Waals surface area (Å²) in [4.78, 5) is 23.5. The van der Waals surface area contributed by atoms with Crippen LogP contribution in [-0.2, 0) is 11.2 Å². The first-order valence-electron chi connectivity index (χ1n) is 9.21. The fourth-order valence-electron chi connectivity index (χ4n) is 2.62. The molecule has 3 amide bonds. The average molecular weight is 367 g/mol. The van der Waals surface area contributed by atoms with Crippen LogP contribution in [0.3, 0.4) is 0 Å². The topological polar surface area (TPSA) is 79.5 Å². The zero-order valence-electron chi connectivity index (χ0n) is 15.5. The molecule has 0 aromatic heterocycles. The molecule has 6 nitrogen and oxygen atoms in total. The summed E-state index contributed by atoms with van der Waals surface area (Å²) in [6.07, 6.45) is 2.85. The predicted octanol–water partition coefficient (Wildman–Crippen LogP) is 3.02. The number of anilines is 1. The van der Waals surface area contributed by atoms with Crippen LogP contribution >= 0.6 is 0 Å². The van der Waals surface area contributed by atoms with E-state index < -0.39 is 0 Å². The van der Waals surface area contributed by atoms with Gasteiger partial charge < -0.3 is 20.7 Å². The zero-order chi connectivity index (χ0) is 19.1. The van der Waals surface area contributed by atoms with Crippen molar-refractivity contribution in [3.8, 4) is 5.75 Å². The highest BCUT2D eigenvalue weighted by molar-refractivity contribution is 5.89. The molecular weight excluding hydrogens is 342 g/mol. The molecule has 0 unspecified atom stereocenters. The largest absolute Gasteiger partial charge is 0.484 e. The first kappa shape index (κ1) is 18.8. The predicted molar refractivity (Wildman–Crippen MR) is 105 cm³/mol. The fraction of sp³-hybridized carbons (Fsp3) is 0.333. The minimum Gasteiger partial charge on any atom is -0.484 e. The summed E-state index contributed by atoms with van der Waals surface area (Å²) in [6.45, 7) is 2.55. The Balaban J connectivity index is 1.35. The number of nitrogens with one attached hydrogen (secondary N) is 3. The summed E-state index contributed by atoms with van der Waals surface area (Å²) in [6, 6.07) is 15.3. The molecule has 0 spiro atoms. The van der Waals surface area contributed by atoms with Crippen molar-refractivity contribution in [3.63, 3.8) is 0 Å². The molecule has 0 bridgehead atoms. The Morgan fingerprint density at radius 3 is 2.59 bits per heavy atom. The number of hydrogen-bond acceptors (Lipinski definition) is 3. The van der Waals surface area contributed by atoms with Crippen LogP contribution in [-0.4, -0.2) is 31.1 Å². The molecule has 6 heteroatoms. The summed E-state index contributed by atoms with van der Waals surface area (Å²) in [5.41, 5.74) is 2.96. The lowest BCUT2D eigenvalue weighted by Crippen LogP contribution is -2.30. The van der Waals surface area contributed by atoms with Crippen LogP contribution in [0.4, 0.5) is 10.5 Å². The lowest BCUT2D eigenvalue weighted by molar-refractivity contribution is -0.123. The van der Waals surface area contributed by atoms with E-state index in [1.807, 2.05) is 55.5 Å². The van der Waals surface area contributed by atoms with E-state index in [1.54, 1.807) is 0 Å². The molecule has 0 radical (unpaired) electrons. The number of carbonyl (C=O) groups excluding carboxylic acids is 2. The summed E-state index contributed by atoms with van der Waals surface area (Å²) in [7, 11) is 0. The molecule has 27 heavy (non-hydrogen) atoms. The molecule has 3 N–H and O–H groups in total. The molecule has 1 aliphatic carbocycles. The summed E-state index contributed by atoms with van der Waals surface area (Å²) in [5.74, 6) is 0.584. The molecule has 1 saturated carbocycles. The molecular formula is C21H25N3O3. The zero-order valence-corrected chi connectivity index (χ0v) is 15.5. The Morgan fingerprint density at radius 2 is 1.89 bits per heavy atom. The van der Waals surface area contributed by atoms with Crippen LogP contribution in [0.5, 0.6) is 5.75 Å². The van der Waals surface area contributed by atoms with Gasteiger partial charge in [0.2, 0.25) is 0 Å². The smallest absolute Gasteiger partial charge is 0.319 e. The molecule has 1 aliphatic rings. The van der Waals surface area contributed by atoms with Gasteiger partial charge in [0.05, 0.1) is 0 Å². The van der Waals surface area contributed by atoms with Gasteiger partial charge in [0, 0.05) is 18.3 Å². The Kier molecular flexibility index (Phi) is 6.30. The third-order valence-electron chi connectivity index (χ3n) is 4.21. The Hall–Kier alpha value is -3.02. The van der Waals surface area contributed by atoms with Gasteiger partial charge in [-0.2, -0.15) is 0 Å². The van der Waals surface area contributed by atoms with Crippen LogP contribution in [0.25, 0.3) is 0 Å². The van der Waals surface area contributed by atoms with Crippen molar-refractivity contribution in [1.82, 2.24) is 10.6 Å². The van der Waals surface area contributed by atoms with Crippen molar-refractivity contribution in [2.45, 2.75) is 32.2 Å². The van der Waals surface area contributed by atoms with Gasteiger partial charge in [-0.15, -0.1) is 0 Å².